The Morgan fingerprint density at radius 2 is 1.96 bits per heavy atom. The zero-order chi connectivity index (χ0) is 18.2. The topological polar surface area (TPSA) is 88.1 Å². The smallest absolute Gasteiger partial charge is 0.399 e. The maximum atomic E-state index is 9.92. The molecule has 24 heavy (non-hydrogen) atoms. The van der Waals surface area contributed by atoms with Gasteiger partial charge in [-0.25, -0.2) is 0 Å². The summed E-state index contributed by atoms with van der Waals surface area (Å²) in [7, 11) is 0.453. The number of aromatic hydroxyl groups is 1. The van der Waals surface area contributed by atoms with Crippen LogP contribution in [0.15, 0.2) is 42.1 Å². The third-order valence-corrected chi connectivity index (χ3v) is 4.08. The van der Waals surface area contributed by atoms with E-state index in [-0.39, 0.29) is 0 Å². The standard InChI is InChI=1S/C14H18N2O.C2H6O4S/c1-11-5-6-13(8-14(11)17)15-9-12-4-3-7-16(2)10-12;1-5-7(3,4)6-2/h3-8,15,17H,9-10H2,1-2H3;1-2H3. The molecule has 0 atom stereocenters. The average molecular weight is 356 g/mol. The second kappa shape index (κ2) is 9.31. The van der Waals surface area contributed by atoms with Gasteiger partial charge in [0.2, 0.25) is 0 Å². The Kier molecular flexibility index (Phi) is 7.76. The second-order valence-corrected chi connectivity index (χ2v) is 6.66. The average Bonchev–Trinajstić information content (AvgIpc) is 2.57. The van der Waals surface area contributed by atoms with Crippen LogP contribution in [0.2, 0.25) is 0 Å². The minimum Gasteiger partial charge on any atom is -0.508 e. The lowest BCUT2D eigenvalue weighted by Crippen LogP contribution is -2.21. The van der Waals surface area contributed by atoms with Gasteiger partial charge in [-0.3, -0.25) is 8.37 Å². The van der Waals surface area contributed by atoms with E-state index in [1.165, 1.54) is 5.57 Å². The molecule has 0 aliphatic carbocycles. The van der Waals surface area contributed by atoms with Crippen molar-refractivity contribution in [2.24, 2.45) is 0 Å². The molecule has 0 amide bonds. The summed E-state index contributed by atoms with van der Waals surface area (Å²) in [5, 5.41) is 12.9. The first-order chi connectivity index (χ1) is 11.3. The highest BCUT2D eigenvalue weighted by Crippen LogP contribution is 2.21. The SMILES string of the molecule is COS(=O)(=O)OC.Cc1ccc(NCC2=CC=CN(C)C2)cc1O. The molecule has 0 bridgehead atoms. The van der Waals surface area contributed by atoms with Gasteiger partial charge in [-0.05, 0) is 36.4 Å². The highest BCUT2D eigenvalue weighted by atomic mass is 32.3. The van der Waals surface area contributed by atoms with Gasteiger partial charge < -0.3 is 15.3 Å². The van der Waals surface area contributed by atoms with Crippen molar-refractivity contribution in [1.82, 2.24) is 4.90 Å². The summed E-state index contributed by atoms with van der Waals surface area (Å²) in [6.07, 6.45) is 6.23. The van der Waals surface area contributed by atoms with E-state index in [9.17, 15) is 13.5 Å². The lowest BCUT2D eigenvalue weighted by molar-refractivity contribution is 0.286. The van der Waals surface area contributed by atoms with Crippen LogP contribution in [0.25, 0.3) is 0 Å². The molecule has 0 spiro atoms. The molecule has 2 rings (SSSR count). The van der Waals surface area contributed by atoms with Crippen LogP contribution in [-0.4, -0.2) is 52.8 Å². The number of phenols is 1. The van der Waals surface area contributed by atoms with Crippen molar-refractivity contribution in [1.29, 1.82) is 0 Å². The molecular weight excluding hydrogens is 332 g/mol. The molecule has 7 nitrogen and oxygen atoms in total. The zero-order valence-corrected chi connectivity index (χ0v) is 15.1. The van der Waals surface area contributed by atoms with Gasteiger partial charge in [-0.2, -0.15) is 8.42 Å². The highest BCUT2D eigenvalue weighted by Gasteiger charge is 2.04. The number of allylic oxidation sites excluding steroid dienone is 2. The molecule has 0 saturated heterocycles. The number of benzene rings is 1. The summed E-state index contributed by atoms with van der Waals surface area (Å²) < 4.78 is 27.5. The zero-order valence-electron chi connectivity index (χ0n) is 14.3. The Morgan fingerprint density at radius 1 is 1.29 bits per heavy atom. The fourth-order valence-corrected chi connectivity index (χ4v) is 2.01. The summed E-state index contributed by atoms with van der Waals surface area (Å²) in [4.78, 5) is 2.14. The van der Waals surface area contributed by atoms with E-state index in [0.29, 0.717) is 5.75 Å². The second-order valence-electron chi connectivity index (χ2n) is 5.18. The van der Waals surface area contributed by atoms with Gasteiger partial charge in [0.25, 0.3) is 0 Å². The summed E-state index contributed by atoms with van der Waals surface area (Å²) >= 11 is 0. The number of likely N-dealkylation sites (N-methyl/N-ethyl adjacent to an activating group) is 1. The van der Waals surface area contributed by atoms with Crippen LogP contribution >= 0.6 is 0 Å². The number of anilines is 1. The van der Waals surface area contributed by atoms with Crippen molar-refractivity contribution in [3.05, 3.63) is 47.7 Å². The Balaban J connectivity index is 0.000000351. The number of nitrogens with zero attached hydrogens (tertiary/aromatic N) is 1. The van der Waals surface area contributed by atoms with Crippen LogP contribution in [0.1, 0.15) is 5.56 Å². The quantitative estimate of drug-likeness (QED) is 0.834. The molecule has 0 unspecified atom stereocenters. The fourth-order valence-electron chi connectivity index (χ4n) is 1.87. The van der Waals surface area contributed by atoms with Crippen LogP contribution in [-0.2, 0) is 18.8 Å². The Bertz CT molecular complexity index is 688. The van der Waals surface area contributed by atoms with Crippen LogP contribution < -0.4 is 5.32 Å². The van der Waals surface area contributed by atoms with Gasteiger partial charge in [-0.15, -0.1) is 0 Å². The minimum atomic E-state index is -3.66. The molecule has 1 aliphatic rings. The lowest BCUT2D eigenvalue weighted by atomic mass is 10.1. The molecule has 1 aliphatic heterocycles. The fraction of sp³-hybridized carbons (Fsp3) is 0.375. The van der Waals surface area contributed by atoms with Crippen molar-refractivity contribution in [2.75, 3.05) is 39.7 Å². The van der Waals surface area contributed by atoms with Crippen molar-refractivity contribution < 1.29 is 21.9 Å². The number of hydrogen-bond acceptors (Lipinski definition) is 7. The summed E-state index contributed by atoms with van der Waals surface area (Å²) in [6, 6.07) is 5.66. The molecule has 0 radical (unpaired) electrons. The first kappa shape index (κ1) is 20.0. The van der Waals surface area contributed by atoms with Crippen LogP contribution in [0.3, 0.4) is 0 Å². The van der Waals surface area contributed by atoms with Gasteiger partial charge >= 0.3 is 10.4 Å². The molecule has 0 fully saturated rings. The number of aryl methyl sites for hydroxylation is 1. The first-order valence-corrected chi connectivity index (χ1v) is 8.57. The molecular formula is C16H24N2O5S. The van der Waals surface area contributed by atoms with Crippen LogP contribution in [0.5, 0.6) is 5.75 Å². The molecule has 8 heteroatoms. The Hall–Kier alpha value is -2.03. The maximum absolute atomic E-state index is 9.92. The van der Waals surface area contributed by atoms with Crippen molar-refractivity contribution in [2.45, 2.75) is 6.92 Å². The molecule has 1 heterocycles. The third-order valence-electron chi connectivity index (χ3n) is 3.26. The van der Waals surface area contributed by atoms with Gasteiger partial charge in [0.05, 0.1) is 14.2 Å². The Morgan fingerprint density at radius 3 is 2.46 bits per heavy atom. The normalized spacial score (nSPS) is 13.8. The number of rotatable bonds is 5. The van der Waals surface area contributed by atoms with Crippen LogP contribution in [0, 0.1) is 6.92 Å². The minimum absolute atomic E-state index is 0.338. The molecule has 0 saturated carbocycles. The van der Waals surface area contributed by atoms with Gasteiger partial charge in [0.15, 0.2) is 0 Å². The predicted octanol–water partition coefficient (Wildman–Crippen LogP) is 2.02. The molecule has 0 aromatic heterocycles. The number of nitrogens with one attached hydrogen (secondary N) is 1. The van der Waals surface area contributed by atoms with Gasteiger partial charge in [-0.1, -0.05) is 12.1 Å². The first-order valence-electron chi connectivity index (χ1n) is 7.23. The molecule has 1 aromatic rings. The predicted molar refractivity (Wildman–Crippen MR) is 94.1 cm³/mol. The van der Waals surface area contributed by atoms with E-state index < -0.39 is 10.4 Å². The lowest BCUT2D eigenvalue weighted by Gasteiger charge is -2.20. The molecule has 2 N–H and O–H groups in total. The number of phenolic OH excluding ortho intramolecular Hbond substituents is 1. The largest absolute Gasteiger partial charge is 0.508 e. The summed E-state index contributed by atoms with van der Waals surface area (Å²) in [6.45, 7) is 3.64. The number of hydrogen-bond donors (Lipinski definition) is 2. The summed E-state index contributed by atoms with van der Waals surface area (Å²) in [5.41, 5.74) is 3.18. The summed E-state index contributed by atoms with van der Waals surface area (Å²) in [5.74, 6) is 0.338. The van der Waals surface area contributed by atoms with E-state index in [4.69, 9.17) is 0 Å². The van der Waals surface area contributed by atoms with E-state index in [0.717, 1.165) is 38.6 Å². The van der Waals surface area contributed by atoms with Crippen molar-refractivity contribution >= 4 is 16.1 Å². The molecule has 1 aromatic carbocycles. The Labute approximate surface area is 143 Å². The van der Waals surface area contributed by atoms with Gasteiger partial charge in [0, 0.05) is 31.9 Å². The monoisotopic (exact) mass is 356 g/mol. The third kappa shape index (κ3) is 7.03. The maximum Gasteiger partial charge on any atom is 0.399 e. The van der Waals surface area contributed by atoms with Crippen molar-refractivity contribution in [3.8, 4) is 5.75 Å². The molecule has 134 valence electrons. The van der Waals surface area contributed by atoms with E-state index >= 15 is 0 Å². The van der Waals surface area contributed by atoms with E-state index in [1.807, 2.05) is 25.1 Å². The van der Waals surface area contributed by atoms with E-state index in [1.54, 1.807) is 6.07 Å². The highest BCUT2D eigenvalue weighted by molar-refractivity contribution is 7.81. The van der Waals surface area contributed by atoms with Crippen LogP contribution in [0.4, 0.5) is 5.69 Å². The van der Waals surface area contributed by atoms with Gasteiger partial charge in [0.1, 0.15) is 5.75 Å². The van der Waals surface area contributed by atoms with E-state index in [2.05, 4.69) is 37.9 Å². The van der Waals surface area contributed by atoms with Crippen molar-refractivity contribution in [3.63, 3.8) is 0 Å².